The van der Waals surface area contributed by atoms with Crippen molar-refractivity contribution in [3.05, 3.63) is 12.3 Å². The molecular formula is C41H78N6O3. The van der Waals surface area contributed by atoms with Crippen molar-refractivity contribution in [1.82, 2.24) is 14.7 Å². The molecule has 1 heterocycles. The smallest absolute Gasteiger partial charge is 0.247 e. The van der Waals surface area contributed by atoms with Gasteiger partial charge in [0, 0.05) is 62.3 Å². The van der Waals surface area contributed by atoms with Gasteiger partial charge in [-0.15, -0.1) is 0 Å². The molecule has 1 saturated heterocycles. The van der Waals surface area contributed by atoms with Crippen molar-refractivity contribution in [1.29, 1.82) is 0 Å². The molecule has 9 nitrogen and oxygen atoms in total. The van der Waals surface area contributed by atoms with Crippen LogP contribution in [0.1, 0.15) is 141 Å². The van der Waals surface area contributed by atoms with E-state index in [-0.39, 0.29) is 35.7 Å². The zero-order valence-corrected chi connectivity index (χ0v) is 34.8. The molecule has 1 aliphatic rings. The standard InChI is InChI=1S/C41H78N6O3/c1-16-28(5)40(29(6)26-31(8)47-24-21-22-37(47)33(10)32(9)34(11)43-30(7)17-2)46(15)41(49)36(13)44-35(12)39(27(3)4)45(14)38(48)23-19-18-20-25-50-42/h27-30,32-33,36-37,39-40H,8,16-26,42H2,1-7,9-15H3. The largest absolute Gasteiger partial charge is 0.372 e. The Kier molecular flexibility index (Phi) is 20.7. The predicted octanol–water partition coefficient (Wildman–Crippen LogP) is 8.18. The van der Waals surface area contributed by atoms with Crippen molar-refractivity contribution in [2.45, 2.75) is 171 Å². The number of likely N-dealkylation sites (tertiary alicyclic amines) is 1. The number of unbranched alkanes of at least 4 members (excludes halogenated alkanes) is 2. The Labute approximate surface area is 307 Å². The summed E-state index contributed by atoms with van der Waals surface area (Å²) in [7, 11) is 3.81. The van der Waals surface area contributed by atoms with Crippen LogP contribution >= 0.6 is 0 Å². The fourth-order valence-electron chi connectivity index (χ4n) is 8.24. The molecule has 1 aliphatic heterocycles. The van der Waals surface area contributed by atoms with Crippen LogP contribution in [0.4, 0.5) is 0 Å². The molecule has 0 aromatic rings. The third-order valence-corrected chi connectivity index (χ3v) is 11.7. The highest BCUT2D eigenvalue weighted by molar-refractivity contribution is 5.94. The molecule has 9 heteroatoms. The van der Waals surface area contributed by atoms with E-state index in [2.05, 4.69) is 85.6 Å². The highest BCUT2D eigenvalue weighted by Gasteiger charge is 2.37. The summed E-state index contributed by atoms with van der Waals surface area (Å²) < 4.78 is 0. The third-order valence-electron chi connectivity index (χ3n) is 11.7. The topological polar surface area (TPSA) is 104 Å². The number of carbonyl (C=O) groups excluding carboxylic acids is 2. The van der Waals surface area contributed by atoms with Gasteiger partial charge in [0.1, 0.15) is 6.04 Å². The van der Waals surface area contributed by atoms with Gasteiger partial charge in [-0.2, -0.15) is 0 Å². The molecule has 0 radical (unpaired) electrons. The molecule has 9 atom stereocenters. The zero-order valence-electron chi connectivity index (χ0n) is 34.8. The van der Waals surface area contributed by atoms with Crippen LogP contribution in [0, 0.1) is 29.6 Å². The van der Waals surface area contributed by atoms with E-state index >= 15 is 0 Å². The van der Waals surface area contributed by atoms with E-state index in [0.717, 1.165) is 50.8 Å². The Morgan fingerprint density at radius 2 is 1.54 bits per heavy atom. The average Bonchev–Trinajstić information content (AvgIpc) is 3.56. The van der Waals surface area contributed by atoms with E-state index in [4.69, 9.17) is 15.9 Å². The molecule has 2 N–H and O–H groups in total. The number of amides is 2. The summed E-state index contributed by atoms with van der Waals surface area (Å²) in [5.74, 6) is 6.83. The molecule has 0 saturated carbocycles. The van der Waals surface area contributed by atoms with Gasteiger partial charge < -0.3 is 19.5 Å². The highest BCUT2D eigenvalue weighted by Crippen LogP contribution is 2.35. The van der Waals surface area contributed by atoms with Gasteiger partial charge in [0.05, 0.1) is 12.6 Å². The normalized spacial score (nSPS) is 20.6. The first-order valence-corrected chi connectivity index (χ1v) is 19.8. The van der Waals surface area contributed by atoms with Gasteiger partial charge in [-0.25, -0.2) is 5.90 Å². The molecule has 1 rings (SSSR count). The third kappa shape index (κ3) is 13.4. The Balaban J connectivity index is 3.09. The van der Waals surface area contributed by atoms with Gasteiger partial charge in [0.2, 0.25) is 11.8 Å². The van der Waals surface area contributed by atoms with Gasteiger partial charge in [0.25, 0.3) is 0 Å². The molecule has 0 aliphatic carbocycles. The minimum atomic E-state index is -0.548. The van der Waals surface area contributed by atoms with Crippen molar-refractivity contribution in [3.8, 4) is 0 Å². The van der Waals surface area contributed by atoms with Crippen molar-refractivity contribution >= 4 is 23.2 Å². The Morgan fingerprint density at radius 1 is 0.900 bits per heavy atom. The number of carbonyl (C=O) groups is 2. The minimum Gasteiger partial charge on any atom is -0.372 e. The van der Waals surface area contributed by atoms with Crippen LogP contribution in [0.15, 0.2) is 22.3 Å². The number of hydrogen-bond donors (Lipinski definition) is 1. The van der Waals surface area contributed by atoms with Crippen LogP contribution in [0.25, 0.3) is 0 Å². The van der Waals surface area contributed by atoms with Gasteiger partial charge in [0.15, 0.2) is 0 Å². The van der Waals surface area contributed by atoms with Gasteiger partial charge in [-0.05, 0) is 95.8 Å². The maximum atomic E-state index is 14.1. The molecule has 0 aromatic carbocycles. The summed E-state index contributed by atoms with van der Waals surface area (Å²) >= 11 is 0. The molecule has 1 fully saturated rings. The Morgan fingerprint density at radius 3 is 2.10 bits per heavy atom. The highest BCUT2D eigenvalue weighted by atomic mass is 16.6. The maximum absolute atomic E-state index is 14.1. The summed E-state index contributed by atoms with van der Waals surface area (Å²) in [6, 6.07) is 0.148. The van der Waals surface area contributed by atoms with Crippen LogP contribution in [-0.2, 0) is 14.4 Å². The van der Waals surface area contributed by atoms with Crippen LogP contribution in [-0.4, -0.2) is 95.4 Å². The molecule has 0 spiro atoms. The lowest BCUT2D eigenvalue weighted by Gasteiger charge is -2.41. The Bertz CT molecular complexity index is 1110. The summed E-state index contributed by atoms with van der Waals surface area (Å²) in [4.78, 5) is 48.1. The quantitative estimate of drug-likeness (QED) is 0.0657. The second-order valence-electron chi connectivity index (χ2n) is 16.0. The number of nitrogens with zero attached hydrogens (tertiary/aromatic N) is 5. The zero-order chi connectivity index (χ0) is 38.3. The molecular weight excluding hydrogens is 624 g/mol. The van der Waals surface area contributed by atoms with Crippen LogP contribution in [0.3, 0.4) is 0 Å². The second-order valence-corrected chi connectivity index (χ2v) is 16.0. The van der Waals surface area contributed by atoms with Crippen LogP contribution < -0.4 is 5.90 Å². The van der Waals surface area contributed by atoms with E-state index < -0.39 is 6.04 Å². The number of likely N-dealkylation sites (N-methyl/N-ethyl adjacent to an activating group) is 1. The number of nitrogens with two attached hydrogens (primary N) is 1. The molecule has 2 amide bonds. The van der Waals surface area contributed by atoms with E-state index in [1.807, 2.05) is 37.7 Å². The van der Waals surface area contributed by atoms with E-state index in [0.29, 0.717) is 42.9 Å². The van der Waals surface area contributed by atoms with Crippen molar-refractivity contribution in [3.63, 3.8) is 0 Å². The van der Waals surface area contributed by atoms with Gasteiger partial charge >= 0.3 is 0 Å². The van der Waals surface area contributed by atoms with Crippen molar-refractivity contribution in [2.24, 2.45) is 45.5 Å². The van der Waals surface area contributed by atoms with E-state index in [1.165, 1.54) is 24.3 Å². The average molecular weight is 703 g/mol. The number of allylic oxidation sites excluding steroid dienone is 1. The van der Waals surface area contributed by atoms with Gasteiger partial charge in [-0.3, -0.25) is 19.6 Å². The lowest BCUT2D eigenvalue weighted by molar-refractivity contribution is -0.135. The van der Waals surface area contributed by atoms with Crippen molar-refractivity contribution in [2.75, 3.05) is 27.2 Å². The summed E-state index contributed by atoms with van der Waals surface area (Å²) in [5.41, 5.74) is 3.26. The summed E-state index contributed by atoms with van der Waals surface area (Å²) in [5, 5.41) is 0. The summed E-state index contributed by atoms with van der Waals surface area (Å²) in [6.07, 6.45) is 8.24. The lowest BCUT2D eigenvalue weighted by atomic mass is 9.83. The van der Waals surface area contributed by atoms with Crippen LogP contribution in [0.5, 0.6) is 0 Å². The van der Waals surface area contributed by atoms with Crippen LogP contribution in [0.2, 0.25) is 0 Å². The molecule has 0 bridgehead atoms. The van der Waals surface area contributed by atoms with E-state index in [9.17, 15) is 9.59 Å². The Hall–Kier alpha value is -2.26. The molecule has 0 aromatic heterocycles. The first kappa shape index (κ1) is 45.8. The number of hydrogen-bond acceptors (Lipinski definition) is 7. The fraction of sp³-hybridized carbons (Fsp3) is 0.854. The number of rotatable bonds is 23. The lowest BCUT2D eigenvalue weighted by Crippen LogP contribution is -2.49. The minimum absolute atomic E-state index is 0.0169. The molecule has 9 unspecified atom stereocenters. The molecule has 50 heavy (non-hydrogen) atoms. The fourth-order valence-corrected chi connectivity index (χ4v) is 8.24. The first-order chi connectivity index (χ1) is 23.4. The monoisotopic (exact) mass is 703 g/mol. The maximum Gasteiger partial charge on any atom is 0.247 e. The number of aliphatic imine (C=N–C) groups is 2. The molecule has 290 valence electrons. The predicted molar refractivity (Wildman–Crippen MR) is 212 cm³/mol. The van der Waals surface area contributed by atoms with Gasteiger partial charge in [-0.1, -0.05) is 74.8 Å². The first-order valence-electron chi connectivity index (χ1n) is 19.8. The second kappa shape index (κ2) is 22.6. The van der Waals surface area contributed by atoms with Crippen molar-refractivity contribution < 1.29 is 14.4 Å². The van der Waals surface area contributed by atoms with E-state index in [1.54, 1.807) is 0 Å². The SMILES string of the molecule is C=C(CC(C)C(C(C)CC)N(C)C(=O)C(C)N=C(C)C(C(C)C)N(C)C(=O)CCCCCON)N1CCCC1C(C)C(C)C(C)=NC(C)CC. The summed E-state index contributed by atoms with van der Waals surface area (Å²) in [6.45, 7) is 32.3.